The van der Waals surface area contributed by atoms with Gasteiger partial charge in [-0.25, -0.2) is 0 Å². The molecule has 1 aromatic carbocycles. The Kier molecular flexibility index (Phi) is 7.20. The van der Waals surface area contributed by atoms with Gasteiger partial charge in [0.25, 0.3) is 5.91 Å². The first kappa shape index (κ1) is 22.5. The lowest BCUT2D eigenvalue weighted by Crippen LogP contribution is -2.62. The fourth-order valence-electron chi connectivity index (χ4n) is 5.01. The minimum atomic E-state index is -1.10. The lowest BCUT2D eigenvalue weighted by molar-refractivity contribution is -0.168. The molecule has 2 amide bonds. The summed E-state index contributed by atoms with van der Waals surface area (Å²) in [5.41, 5.74) is 1.94. The normalized spacial score (nSPS) is 21.8. The van der Waals surface area contributed by atoms with Gasteiger partial charge in [-0.3, -0.25) is 14.6 Å². The highest BCUT2D eigenvalue weighted by Crippen LogP contribution is 2.32. The lowest BCUT2D eigenvalue weighted by Gasteiger charge is -2.43. The second-order valence-corrected chi connectivity index (χ2v) is 8.87. The zero-order valence-electron chi connectivity index (χ0n) is 18.9. The second-order valence-electron chi connectivity index (χ2n) is 8.87. The topological polar surface area (TPSA) is 71.5 Å². The number of nitrogens with zero attached hydrogens (tertiary/aromatic N) is 2. The number of likely N-dealkylation sites (N-methyl/N-ethyl adjacent to an activating group) is 1. The number of rotatable bonds is 6. The maximum Gasteiger partial charge on any atom is 0.254 e. The number of hydrogen-bond acceptors (Lipinski definition) is 4. The average molecular weight is 436 g/mol. The van der Waals surface area contributed by atoms with Crippen LogP contribution in [0.3, 0.4) is 0 Å². The number of ether oxygens (including phenoxy) is 1. The first-order chi connectivity index (χ1) is 15.6. The molecular weight excluding hydrogens is 402 g/mol. The first-order valence-corrected chi connectivity index (χ1v) is 11.8. The Bertz CT molecular complexity index is 927. The molecule has 0 bridgehead atoms. The fourth-order valence-corrected chi connectivity index (χ4v) is 5.01. The highest BCUT2D eigenvalue weighted by molar-refractivity contribution is 5.88. The molecule has 1 N–H and O–H groups in total. The molecule has 0 spiro atoms. The number of morpholine rings is 1. The molecule has 170 valence electrons. The molecule has 1 aromatic heterocycles. The van der Waals surface area contributed by atoms with Gasteiger partial charge in [0, 0.05) is 43.4 Å². The largest absolute Gasteiger partial charge is 0.361 e. The summed E-state index contributed by atoms with van der Waals surface area (Å²) in [7, 11) is 0. The minimum absolute atomic E-state index is 0.0801. The predicted molar refractivity (Wildman–Crippen MR) is 124 cm³/mol. The van der Waals surface area contributed by atoms with Gasteiger partial charge in [-0.15, -0.1) is 0 Å². The Hall–Kier alpha value is -2.73. The van der Waals surface area contributed by atoms with Crippen molar-refractivity contribution in [2.75, 3.05) is 26.2 Å². The number of pyridine rings is 1. The Balaban J connectivity index is 1.63. The van der Waals surface area contributed by atoms with Crippen LogP contribution in [0.15, 0.2) is 48.8 Å². The second kappa shape index (κ2) is 10.3. The van der Waals surface area contributed by atoms with E-state index >= 15 is 0 Å². The summed E-state index contributed by atoms with van der Waals surface area (Å²) in [4.78, 5) is 32.8. The van der Waals surface area contributed by atoms with Crippen molar-refractivity contribution in [1.29, 1.82) is 0 Å². The number of hydrogen-bond donors (Lipinski definition) is 1. The third-order valence-corrected chi connectivity index (χ3v) is 6.67. The number of nitrogens with one attached hydrogen (secondary N) is 1. The molecule has 1 aliphatic carbocycles. The van der Waals surface area contributed by atoms with Crippen molar-refractivity contribution >= 4 is 11.8 Å². The van der Waals surface area contributed by atoms with Crippen LogP contribution in [0.25, 0.3) is 11.1 Å². The zero-order chi connectivity index (χ0) is 22.4. The number of amides is 2. The van der Waals surface area contributed by atoms with Crippen molar-refractivity contribution < 1.29 is 14.3 Å². The summed E-state index contributed by atoms with van der Waals surface area (Å²) >= 11 is 0. The van der Waals surface area contributed by atoms with Crippen molar-refractivity contribution in [2.45, 2.75) is 51.0 Å². The molecule has 1 saturated heterocycles. The quantitative estimate of drug-likeness (QED) is 0.753. The van der Waals surface area contributed by atoms with E-state index in [1.54, 1.807) is 6.20 Å². The van der Waals surface area contributed by atoms with E-state index in [1.165, 1.54) is 6.42 Å². The summed E-state index contributed by atoms with van der Waals surface area (Å²) in [5.74, 6) is 0.112. The van der Waals surface area contributed by atoms with Crippen LogP contribution < -0.4 is 5.32 Å². The van der Waals surface area contributed by atoms with Crippen LogP contribution in [-0.2, 0) is 20.7 Å². The van der Waals surface area contributed by atoms with Crippen molar-refractivity contribution in [3.8, 4) is 11.1 Å². The van der Waals surface area contributed by atoms with Gasteiger partial charge in [-0.1, -0.05) is 49.6 Å². The van der Waals surface area contributed by atoms with Gasteiger partial charge in [0.1, 0.15) is 0 Å². The van der Waals surface area contributed by atoms with E-state index in [4.69, 9.17) is 4.74 Å². The van der Waals surface area contributed by atoms with Crippen LogP contribution in [-0.4, -0.2) is 53.5 Å². The lowest BCUT2D eigenvalue weighted by atomic mass is 9.85. The fraction of sp³-hybridized carbons (Fsp3) is 0.500. The Morgan fingerprint density at radius 1 is 1.16 bits per heavy atom. The molecule has 1 atom stereocenters. The molecule has 1 aliphatic heterocycles. The van der Waals surface area contributed by atoms with Crippen molar-refractivity contribution in [3.05, 3.63) is 54.4 Å². The van der Waals surface area contributed by atoms with Crippen molar-refractivity contribution in [2.24, 2.45) is 5.92 Å². The van der Waals surface area contributed by atoms with Gasteiger partial charge in [-0.2, -0.15) is 0 Å². The van der Waals surface area contributed by atoms with Crippen LogP contribution in [0.5, 0.6) is 0 Å². The van der Waals surface area contributed by atoms with Gasteiger partial charge >= 0.3 is 0 Å². The van der Waals surface area contributed by atoms with Gasteiger partial charge in [-0.05, 0) is 37.0 Å². The summed E-state index contributed by atoms with van der Waals surface area (Å²) in [6, 6.07) is 12.0. The van der Waals surface area contributed by atoms with Crippen LogP contribution in [0.4, 0.5) is 0 Å². The monoisotopic (exact) mass is 435 g/mol. The summed E-state index contributed by atoms with van der Waals surface area (Å²) in [6.07, 6.45) is 9.32. The highest BCUT2D eigenvalue weighted by Gasteiger charge is 2.46. The van der Waals surface area contributed by atoms with E-state index < -0.39 is 5.60 Å². The number of carbonyl (C=O) groups is 2. The van der Waals surface area contributed by atoms with E-state index in [2.05, 4.69) is 10.3 Å². The third kappa shape index (κ3) is 4.85. The molecule has 2 heterocycles. The maximum absolute atomic E-state index is 13.3. The van der Waals surface area contributed by atoms with Gasteiger partial charge in [0.05, 0.1) is 13.2 Å². The molecule has 1 saturated carbocycles. The van der Waals surface area contributed by atoms with E-state index in [1.807, 2.05) is 54.4 Å². The Morgan fingerprint density at radius 3 is 2.72 bits per heavy atom. The molecule has 6 nitrogen and oxygen atoms in total. The first-order valence-electron chi connectivity index (χ1n) is 11.8. The molecular formula is C26H33N3O3. The SMILES string of the molecule is CCNC(=O)C1(Cc2ccccc2-c2cccnc2)CN(C(=O)C2CCCCC2)CCO1. The van der Waals surface area contributed by atoms with Crippen molar-refractivity contribution in [1.82, 2.24) is 15.2 Å². The zero-order valence-corrected chi connectivity index (χ0v) is 18.9. The van der Waals surface area contributed by atoms with Gasteiger partial charge in [0.15, 0.2) is 5.60 Å². The van der Waals surface area contributed by atoms with E-state index in [9.17, 15) is 9.59 Å². The summed E-state index contributed by atoms with van der Waals surface area (Å²) in [6.45, 7) is 3.62. The molecule has 1 unspecified atom stereocenters. The summed E-state index contributed by atoms with van der Waals surface area (Å²) in [5, 5.41) is 2.96. The van der Waals surface area contributed by atoms with E-state index in [0.717, 1.165) is 42.4 Å². The highest BCUT2D eigenvalue weighted by atomic mass is 16.5. The molecule has 2 aromatic rings. The van der Waals surface area contributed by atoms with Crippen molar-refractivity contribution in [3.63, 3.8) is 0 Å². The molecule has 6 heteroatoms. The minimum Gasteiger partial charge on any atom is -0.361 e. The van der Waals surface area contributed by atoms with Gasteiger partial charge < -0.3 is 15.0 Å². The maximum atomic E-state index is 13.3. The van der Waals surface area contributed by atoms with Gasteiger partial charge in [0.2, 0.25) is 5.91 Å². The standard InChI is InChI=1S/C26H33N3O3/c1-2-28-25(31)26(17-21-11-6-7-13-23(21)22-12-8-14-27-18-22)19-29(15-16-32-26)24(30)20-9-4-3-5-10-20/h6-8,11-14,18,20H,2-5,9-10,15-17,19H2,1H3,(H,28,31). The molecule has 2 fully saturated rings. The molecule has 2 aliphatic rings. The van der Waals surface area contributed by atoms with Crippen LogP contribution in [0, 0.1) is 5.92 Å². The van der Waals surface area contributed by atoms with E-state index in [0.29, 0.717) is 26.1 Å². The Morgan fingerprint density at radius 2 is 1.97 bits per heavy atom. The number of aromatic nitrogens is 1. The Labute approximate surface area is 190 Å². The van der Waals surface area contributed by atoms with Crippen LogP contribution in [0.2, 0.25) is 0 Å². The third-order valence-electron chi connectivity index (χ3n) is 6.67. The predicted octanol–water partition coefficient (Wildman–Crippen LogP) is 3.61. The molecule has 4 rings (SSSR count). The van der Waals surface area contributed by atoms with Crippen LogP contribution in [0.1, 0.15) is 44.6 Å². The van der Waals surface area contributed by atoms with Crippen LogP contribution >= 0.6 is 0 Å². The molecule has 0 radical (unpaired) electrons. The molecule has 32 heavy (non-hydrogen) atoms. The smallest absolute Gasteiger partial charge is 0.254 e. The van der Waals surface area contributed by atoms with E-state index in [-0.39, 0.29) is 24.3 Å². The number of carbonyl (C=O) groups excluding carboxylic acids is 2. The number of benzene rings is 1. The average Bonchev–Trinajstić information content (AvgIpc) is 2.85. The summed E-state index contributed by atoms with van der Waals surface area (Å²) < 4.78 is 6.22.